The Morgan fingerprint density at radius 1 is 1.47 bits per heavy atom. The lowest BCUT2D eigenvalue weighted by atomic mass is 10.2. The Bertz CT molecular complexity index is 364. The zero-order valence-electron chi connectivity index (χ0n) is 9.41. The number of nitrogens with zero attached hydrogens (tertiary/aromatic N) is 3. The van der Waals surface area contributed by atoms with Crippen molar-refractivity contribution < 1.29 is 18.3 Å². The Morgan fingerprint density at radius 2 is 2.12 bits per heavy atom. The van der Waals surface area contributed by atoms with Crippen LogP contribution >= 0.6 is 0 Å². The summed E-state index contributed by atoms with van der Waals surface area (Å²) < 4.78 is 39.2. The number of aromatic nitrogens is 3. The average molecular weight is 252 g/mol. The van der Waals surface area contributed by atoms with Gasteiger partial charge in [-0.05, 0) is 19.8 Å². The second kappa shape index (κ2) is 5.46. The number of aliphatic hydroxyl groups excluding tert-OH is 1. The largest absolute Gasteiger partial charge is 0.434 e. The Balaban J connectivity index is 3.03. The maximum Gasteiger partial charge on any atom is 0.434 e. The van der Waals surface area contributed by atoms with Crippen molar-refractivity contribution >= 4 is 0 Å². The number of aliphatic hydroxyl groups is 1. The minimum absolute atomic E-state index is 0.0653. The molecule has 1 unspecified atom stereocenters. The Labute approximate surface area is 96.4 Å². The number of hydrogen-bond acceptors (Lipinski definition) is 4. The quantitative estimate of drug-likeness (QED) is 0.822. The highest BCUT2D eigenvalue weighted by molar-refractivity contribution is 5.14. The minimum atomic E-state index is -4.52. The Morgan fingerprint density at radius 3 is 2.59 bits per heavy atom. The van der Waals surface area contributed by atoms with Gasteiger partial charge in [0.2, 0.25) is 0 Å². The summed E-state index contributed by atoms with van der Waals surface area (Å²) in [6.07, 6.45) is -3.71. The van der Waals surface area contributed by atoms with Crippen molar-refractivity contribution in [1.29, 1.82) is 0 Å². The van der Waals surface area contributed by atoms with Crippen LogP contribution in [0.5, 0.6) is 0 Å². The van der Waals surface area contributed by atoms with Gasteiger partial charge < -0.3 is 10.8 Å². The summed E-state index contributed by atoms with van der Waals surface area (Å²) in [6, 6.07) is -0.480. The van der Waals surface area contributed by atoms with Gasteiger partial charge in [-0.15, -0.1) is 5.10 Å². The molecule has 1 heterocycles. The fourth-order valence-corrected chi connectivity index (χ4v) is 1.57. The third kappa shape index (κ3) is 3.16. The molecule has 1 aromatic heterocycles. The highest BCUT2D eigenvalue weighted by atomic mass is 19.4. The predicted molar refractivity (Wildman–Crippen MR) is 53.9 cm³/mol. The molecule has 1 rings (SSSR count). The zero-order valence-corrected chi connectivity index (χ0v) is 9.41. The van der Waals surface area contributed by atoms with Gasteiger partial charge in [-0.25, -0.2) is 4.68 Å². The van der Waals surface area contributed by atoms with Crippen molar-refractivity contribution in [3.05, 3.63) is 11.4 Å². The van der Waals surface area contributed by atoms with E-state index in [2.05, 4.69) is 10.3 Å². The third-order valence-corrected chi connectivity index (χ3v) is 2.42. The summed E-state index contributed by atoms with van der Waals surface area (Å²) in [6.45, 7) is 1.23. The lowest BCUT2D eigenvalue weighted by Crippen LogP contribution is -2.20. The molecule has 8 heteroatoms. The molecular formula is C9H15F3N4O. The maximum absolute atomic E-state index is 12.8. The Hall–Kier alpha value is -1.15. The summed E-state index contributed by atoms with van der Waals surface area (Å²) in [4.78, 5) is 0. The molecule has 3 N–H and O–H groups in total. The van der Waals surface area contributed by atoms with E-state index in [1.165, 1.54) is 0 Å². The first-order chi connectivity index (χ1) is 7.91. The van der Waals surface area contributed by atoms with E-state index in [1.54, 1.807) is 6.92 Å². The van der Waals surface area contributed by atoms with Gasteiger partial charge >= 0.3 is 6.18 Å². The molecule has 0 spiro atoms. The fourth-order valence-electron chi connectivity index (χ4n) is 1.57. The number of halogens is 3. The molecule has 0 fully saturated rings. The van der Waals surface area contributed by atoms with E-state index >= 15 is 0 Å². The van der Waals surface area contributed by atoms with Crippen LogP contribution in [-0.4, -0.2) is 26.7 Å². The second-order valence-electron chi connectivity index (χ2n) is 3.75. The van der Waals surface area contributed by atoms with Gasteiger partial charge in [0.1, 0.15) is 5.69 Å². The lowest BCUT2D eigenvalue weighted by molar-refractivity contribution is -0.145. The maximum atomic E-state index is 12.8. The van der Waals surface area contributed by atoms with Crippen molar-refractivity contribution in [3.63, 3.8) is 0 Å². The van der Waals surface area contributed by atoms with Gasteiger partial charge in [0.15, 0.2) is 5.69 Å². The highest BCUT2D eigenvalue weighted by Crippen LogP contribution is 2.33. The predicted octanol–water partition coefficient (Wildman–Crippen LogP) is 1.09. The summed E-state index contributed by atoms with van der Waals surface area (Å²) in [5, 5.41) is 15.6. The fraction of sp³-hybridized carbons (Fsp3) is 0.778. The molecule has 0 aliphatic rings. The monoisotopic (exact) mass is 252 g/mol. The van der Waals surface area contributed by atoms with E-state index < -0.39 is 17.9 Å². The van der Waals surface area contributed by atoms with Gasteiger partial charge in [0.25, 0.3) is 0 Å². The number of rotatable bonds is 5. The van der Waals surface area contributed by atoms with Crippen LogP contribution in [0.1, 0.15) is 37.2 Å². The number of nitrogens with two attached hydrogens (primary N) is 1. The first-order valence-corrected chi connectivity index (χ1v) is 5.24. The van der Waals surface area contributed by atoms with Crippen molar-refractivity contribution in [3.8, 4) is 0 Å². The van der Waals surface area contributed by atoms with Crippen LogP contribution in [0, 0.1) is 0 Å². The standard InChI is InChI=1S/C9H15F3N4O/c1-6(3-2-4-17)16-8(9(10,11)12)7(5-13)14-15-16/h6,17H,2-5,13H2,1H3. The number of hydrogen-bond donors (Lipinski definition) is 2. The first-order valence-electron chi connectivity index (χ1n) is 5.24. The molecule has 0 radical (unpaired) electrons. The smallest absolute Gasteiger partial charge is 0.396 e. The summed E-state index contributed by atoms with van der Waals surface area (Å²) >= 11 is 0. The van der Waals surface area contributed by atoms with Crippen molar-refractivity contribution in [2.45, 2.75) is 38.5 Å². The normalized spacial score (nSPS) is 14.0. The molecule has 17 heavy (non-hydrogen) atoms. The molecule has 5 nitrogen and oxygen atoms in total. The van der Waals surface area contributed by atoms with Crippen molar-refractivity contribution in [1.82, 2.24) is 15.0 Å². The molecule has 0 saturated carbocycles. The summed E-state index contributed by atoms with van der Waals surface area (Å²) in [7, 11) is 0. The lowest BCUT2D eigenvalue weighted by Gasteiger charge is -2.16. The molecule has 0 saturated heterocycles. The topological polar surface area (TPSA) is 77.0 Å². The van der Waals surface area contributed by atoms with E-state index in [4.69, 9.17) is 10.8 Å². The first kappa shape index (κ1) is 13.9. The Kier molecular flexibility index (Phi) is 4.47. The van der Waals surface area contributed by atoms with Crippen LogP contribution in [-0.2, 0) is 12.7 Å². The van der Waals surface area contributed by atoms with E-state index in [0.29, 0.717) is 12.8 Å². The van der Waals surface area contributed by atoms with E-state index in [9.17, 15) is 13.2 Å². The molecule has 0 amide bonds. The van der Waals surface area contributed by atoms with Crippen LogP contribution in [0.25, 0.3) is 0 Å². The minimum Gasteiger partial charge on any atom is -0.396 e. The van der Waals surface area contributed by atoms with Gasteiger partial charge in [-0.2, -0.15) is 13.2 Å². The van der Waals surface area contributed by atoms with E-state index in [-0.39, 0.29) is 18.8 Å². The van der Waals surface area contributed by atoms with Crippen LogP contribution in [0.4, 0.5) is 13.2 Å². The van der Waals surface area contributed by atoms with Crippen LogP contribution in [0.2, 0.25) is 0 Å². The molecule has 1 atom stereocenters. The molecule has 98 valence electrons. The van der Waals surface area contributed by atoms with Gasteiger partial charge in [0.05, 0.1) is 6.04 Å². The van der Waals surface area contributed by atoms with Crippen LogP contribution in [0.3, 0.4) is 0 Å². The second-order valence-corrected chi connectivity index (χ2v) is 3.75. The average Bonchev–Trinajstić information content (AvgIpc) is 2.69. The van der Waals surface area contributed by atoms with Crippen molar-refractivity contribution in [2.24, 2.45) is 5.73 Å². The van der Waals surface area contributed by atoms with Gasteiger partial charge in [-0.3, -0.25) is 0 Å². The molecule has 0 aromatic carbocycles. The van der Waals surface area contributed by atoms with Crippen LogP contribution < -0.4 is 5.73 Å². The molecule has 0 aliphatic heterocycles. The molecule has 0 bridgehead atoms. The van der Waals surface area contributed by atoms with Gasteiger partial charge in [-0.1, -0.05) is 5.21 Å². The number of alkyl halides is 3. The summed E-state index contributed by atoms with van der Waals surface area (Å²) in [5.41, 5.74) is 4.05. The zero-order chi connectivity index (χ0) is 13.1. The van der Waals surface area contributed by atoms with Crippen molar-refractivity contribution in [2.75, 3.05) is 6.61 Å². The van der Waals surface area contributed by atoms with E-state index in [1.807, 2.05) is 0 Å². The SMILES string of the molecule is CC(CCCO)n1nnc(CN)c1C(F)(F)F. The molecule has 0 aliphatic carbocycles. The third-order valence-electron chi connectivity index (χ3n) is 2.42. The molecular weight excluding hydrogens is 237 g/mol. The molecule has 1 aromatic rings. The van der Waals surface area contributed by atoms with E-state index in [0.717, 1.165) is 4.68 Å². The summed E-state index contributed by atoms with van der Waals surface area (Å²) in [5.74, 6) is 0. The van der Waals surface area contributed by atoms with Gasteiger partial charge in [0, 0.05) is 13.2 Å². The van der Waals surface area contributed by atoms with Crippen LogP contribution in [0.15, 0.2) is 0 Å². The highest BCUT2D eigenvalue weighted by Gasteiger charge is 2.39.